The van der Waals surface area contributed by atoms with Crippen LogP contribution in [0, 0.1) is 5.92 Å². The average molecular weight is 282 g/mol. The summed E-state index contributed by atoms with van der Waals surface area (Å²) in [5.41, 5.74) is 1.51. The van der Waals surface area contributed by atoms with Crippen molar-refractivity contribution < 1.29 is 4.79 Å². The molecule has 0 atom stereocenters. The number of carbonyl (C=O) groups excluding carboxylic acids is 1. The Morgan fingerprint density at radius 3 is 2.74 bits per heavy atom. The first-order chi connectivity index (χ1) is 9.29. The summed E-state index contributed by atoms with van der Waals surface area (Å²) < 4.78 is 0. The van der Waals surface area contributed by atoms with E-state index in [2.05, 4.69) is 18.2 Å². The van der Waals surface area contributed by atoms with Crippen LogP contribution in [0.1, 0.15) is 44.9 Å². The van der Waals surface area contributed by atoms with Gasteiger partial charge in [-0.05, 0) is 44.4 Å². The molecule has 0 unspecified atom stereocenters. The zero-order chi connectivity index (χ0) is 13.5. The Kier molecular flexibility index (Phi) is 5.96. The summed E-state index contributed by atoms with van der Waals surface area (Å²) in [6, 6.07) is 0. The number of amides is 1. The molecular weight excluding hydrogens is 258 g/mol. The van der Waals surface area contributed by atoms with Crippen molar-refractivity contribution in [2.45, 2.75) is 44.9 Å². The number of carbonyl (C=O) groups is 1. The van der Waals surface area contributed by atoms with Gasteiger partial charge in [-0.2, -0.15) is 0 Å². The van der Waals surface area contributed by atoms with Gasteiger partial charge in [-0.15, -0.1) is 11.6 Å². The third-order valence-electron chi connectivity index (χ3n) is 4.23. The smallest absolute Gasteiger partial charge is 0.237 e. The van der Waals surface area contributed by atoms with E-state index in [1.54, 1.807) is 0 Å². The maximum absolute atomic E-state index is 11.5. The van der Waals surface area contributed by atoms with Crippen molar-refractivity contribution in [3.05, 3.63) is 23.8 Å². The van der Waals surface area contributed by atoms with E-state index in [1.165, 1.54) is 37.7 Å². The fraction of sp³-hybridized carbons (Fsp3) is 0.688. The summed E-state index contributed by atoms with van der Waals surface area (Å²) in [6.07, 6.45) is 15.5. The van der Waals surface area contributed by atoms with Gasteiger partial charge in [0.15, 0.2) is 0 Å². The molecule has 2 aliphatic rings. The molecule has 3 heteroatoms. The molecule has 0 N–H and O–H groups in total. The molecule has 1 aliphatic heterocycles. The molecular formula is C16H24ClNO. The van der Waals surface area contributed by atoms with E-state index in [1.807, 2.05) is 4.90 Å². The molecule has 19 heavy (non-hydrogen) atoms. The fourth-order valence-electron chi connectivity index (χ4n) is 3.00. The highest BCUT2D eigenvalue weighted by Crippen LogP contribution is 2.24. The molecule has 0 saturated carbocycles. The number of hydrogen-bond donors (Lipinski definition) is 0. The number of halogens is 1. The van der Waals surface area contributed by atoms with Crippen LogP contribution in [0.4, 0.5) is 0 Å². The van der Waals surface area contributed by atoms with Gasteiger partial charge in [-0.3, -0.25) is 4.79 Å². The van der Waals surface area contributed by atoms with Gasteiger partial charge < -0.3 is 4.90 Å². The molecule has 2 nitrogen and oxygen atoms in total. The predicted octanol–water partition coefficient (Wildman–Crippen LogP) is 3.91. The zero-order valence-electron chi connectivity index (χ0n) is 11.6. The van der Waals surface area contributed by atoms with Gasteiger partial charge in [-0.25, -0.2) is 0 Å². The van der Waals surface area contributed by atoms with Crippen LogP contribution in [0.3, 0.4) is 0 Å². The van der Waals surface area contributed by atoms with Crippen LogP contribution < -0.4 is 0 Å². The normalized spacial score (nSPS) is 20.5. The van der Waals surface area contributed by atoms with Crippen LogP contribution in [0.5, 0.6) is 0 Å². The molecule has 0 aromatic rings. The molecule has 2 rings (SSSR count). The topological polar surface area (TPSA) is 20.3 Å². The number of likely N-dealkylation sites (tertiary alicyclic amines) is 1. The molecule has 1 saturated heterocycles. The highest BCUT2D eigenvalue weighted by atomic mass is 35.5. The van der Waals surface area contributed by atoms with Crippen LogP contribution >= 0.6 is 11.6 Å². The molecule has 1 aliphatic carbocycles. The van der Waals surface area contributed by atoms with E-state index in [-0.39, 0.29) is 11.8 Å². The highest BCUT2D eigenvalue weighted by molar-refractivity contribution is 6.27. The number of hydrogen-bond acceptors (Lipinski definition) is 1. The van der Waals surface area contributed by atoms with E-state index in [0.29, 0.717) is 0 Å². The van der Waals surface area contributed by atoms with Gasteiger partial charge in [0.05, 0.1) is 0 Å². The van der Waals surface area contributed by atoms with Crippen LogP contribution in [-0.2, 0) is 4.79 Å². The third kappa shape index (κ3) is 4.68. The van der Waals surface area contributed by atoms with Crippen molar-refractivity contribution in [2.75, 3.05) is 19.0 Å². The summed E-state index contributed by atoms with van der Waals surface area (Å²) >= 11 is 5.59. The Labute approximate surface area is 121 Å². The largest absolute Gasteiger partial charge is 0.342 e. The first kappa shape index (κ1) is 14.6. The van der Waals surface area contributed by atoms with Gasteiger partial charge in [0.25, 0.3) is 0 Å². The molecule has 0 radical (unpaired) electrons. The zero-order valence-corrected chi connectivity index (χ0v) is 12.4. The number of piperidine rings is 1. The minimum absolute atomic E-state index is 0.0950. The lowest BCUT2D eigenvalue weighted by molar-refractivity contribution is -0.129. The summed E-state index contributed by atoms with van der Waals surface area (Å²) in [6.45, 7) is 1.80. The van der Waals surface area contributed by atoms with Crippen LogP contribution in [0.15, 0.2) is 23.8 Å². The summed E-state index contributed by atoms with van der Waals surface area (Å²) in [7, 11) is 0. The Hall–Kier alpha value is -0.760. The molecule has 0 bridgehead atoms. The molecule has 1 amide bonds. The number of allylic oxidation sites excluding steroid dienone is 4. The molecule has 1 fully saturated rings. The average Bonchev–Trinajstić information content (AvgIpc) is 2.48. The van der Waals surface area contributed by atoms with E-state index >= 15 is 0 Å². The lowest BCUT2D eigenvalue weighted by atomic mass is 9.90. The van der Waals surface area contributed by atoms with E-state index < -0.39 is 0 Å². The monoisotopic (exact) mass is 281 g/mol. The second kappa shape index (κ2) is 7.74. The Morgan fingerprint density at radius 2 is 2.11 bits per heavy atom. The van der Waals surface area contributed by atoms with Gasteiger partial charge in [0, 0.05) is 13.1 Å². The third-order valence-corrected chi connectivity index (χ3v) is 4.46. The minimum Gasteiger partial charge on any atom is -0.342 e. The number of nitrogens with zero attached hydrogens (tertiary/aromatic N) is 1. The first-order valence-electron chi connectivity index (χ1n) is 7.49. The predicted molar refractivity (Wildman–Crippen MR) is 80.3 cm³/mol. The second-order valence-electron chi connectivity index (χ2n) is 5.61. The Bertz CT molecular complexity index is 354. The van der Waals surface area contributed by atoms with Gasteiger partial charge in [0.2, 0.25) is 5.91 Å². The molecule has 0 spiro atoms. The van der Waals surface area contributed by atoms with Crippen molar-refractivity contribution in [1.82, 2.24) is 4.90 Å². The van der Waals surface area contributed by atoms with Gasteiger partial charge >= 0.3 is 0 Å². The fourth-order valence-corrected chi connectivity index (χ4v) is 3.17. The lowest BCUT2D eigenvalue weighted by Crippen LogP contribution is -2.39. The lowest BCUT2D eigenvalue weighted by Gasteiger charge is -2.31. The van der Waals surface area contributed by atoms with Crippen LogP contribution in [-0.4, -0.2) is 29.8 Å². The van der Waals surface area contributed by atoms with Crippen LogP contribution in [0.25, 0.3) is 0 Å². The van der Waals surface area contributed by atoms with E-state index in [4.69, 9.17) is 11.6 Å². The second-order valence-corrected chi connectivity index (χ2v) is 5.88. The Morgan fingerprint density at radius 1 is 1.32 bits per heavy atom. The first-order valence-corrected chi connectivity index (χ1v) is 8.02. The SMILES string of the molecule is O=C(CCl)N1CCC(CCCC2=CCCC=C2)CC1. The maximum Gasteiger partial charge on any atom is 0.237 e. The van der Waals surface area contributed by atoms with Crippen molar-refractivity contribution in [3.63, 3.8) is 0 Å². The summed E-state index contributed by atoms with van der Waals surface area (Å²) in [5, 5.41) is 0. The minimum atomic E-state index is 0.0950. The summed E-state index contributed by atoms with van der Waals surface area (Å²) in [5.74, 6) is 1.02. The number of rotatable bonds is 5. The number of alkyl halides is 1. The van der Waals surface area contributed by atoms with Crippen molar-refractivity contribution in [1.29, 1.82) is 0 Å². The standard InChI is InChI=1S/C16H24ClNO/c17-13-16(19)18-11-9-15(10-12-18)8-4-7-14-5-2-1-3-6-14/h2,5-6,15H,1,3-4,7-13H2. The van der Waals surface area contributed by atoms with Crippen molar-refractivity contribution >= 4 is 17.5 Å². The molecule has 0 aromatic heterocycles. The maximum atomic E-state index is 11.5. The highest BCUT2D eigenvalue weighted by Gasteiger charge is 2.21. The molecule has 1 heterocycles. The molecule has 106 valence electrons. The quantitative estimate of drug-likeness (QED) is 0.700. The van der Waals surface area contributed by atoms with Crippen molar-refractivity contribution in [3.8, 4) is 0 Å². The van der Waals surface area contributed by atoms with E-state index in [0.717, 1.165) is 31.8 Å². The summed E-state index contributed by atoms with van der Waals surface area (Å²) in [4.78, 5) is 13.4. The Balaban J connectivity index is 1.62. The van der Waals surface area contributed by atoms with Gasteiger partial charge in [-0.1, -0.05) is 30.2 Å². The van der Waals surface area contributed by atoms with Crippen molar-refractivity contribution in [2.24, 2.45) is 5.92 Å². The van der Waals surface area contributed by atoms with E-state index in [9.17, 15) is 4.79 Å². The van der Waals surface area contributed by atoms with Crippen LogP contribution in [0.2, 0.25) is 0 Å². The molecule has 0 aromatic carbocycles. The van der Waals surface area contributed by atoms with Gasteiger partial charge in [0.1, 0.15) is 5.88 Å².